The molecule has 4 rings (SSSR count). The summed E-state index contributed by atoms with van der Waals surface area (Å²) in [6, 6.07) is 0.719. The third-order valence-corrected chi connectivity index (χ3v) is 5.70. The highest BCUT2D eigenvalue weighted by molar-refractivity contribution is 5.75. The second-order valence-corrected chi connectivity index (χ2v) is 7.64. The van der Waals surface area contributed by atoms with Crippen LogP contribution in [0.15, 0.2) is 4.52 Å². The number of amides is 2. The van der Waals surface area contributed by atoms with Crippen LogP contribution in [0.2, 0.25) is 0 Å². The molecule has 1 aromatic heterocycles. The Morgan fingerprint density at radius 3 is 2.79 bits per heavy atom. The maximum atomic E-state index is 12.4. The number of carbonyl (C=O) groups excluding carboxylic acids is 1. The molecule has 2 saturated carbocycles. The molecular formula is C17H27N5O2. The summed E-state index contributed by atoms with van der Waals surface area (Å²) in [4.78, 5) is 19.4. The van der Waals surface area contributed by atoms with Gasteiger partial charge in [0.05, 0.1) is 0 Å². The highest BCUT2D eigenvalue weighted by Crippen LogP contribution is 2.37. The van der Waals surface area contributed by atoms with E-state index in [4.69, 9.17) is 4.52 Å². The topological polar surface area (TPSA) is 83.3 Å². The number of aryl methyl sites for hydroxylation is 1. The number of rotatable bonds is 5. The molecule has 3 fully saturated rings. The molecule has 24 heavy (non-hydrogen) atoms. The summed E-state index contributed by atoms with van der Waals surface area (Å²) < 4.78 is 5.13. The van der Waals surface area contributed by atoms with Gasteiger partial charge in [-0.15, -0.1) is 0 Å². The molecule has 2 aliphatic carbocycles. The number of hydrogen-bond acceptors (Lipinski definition) is 5. The van der Waals surface area contributed by atoms with Crippen molar-refractivity contribution in [1.82, 2.24) is 25.7 Å². The molecule has 1 atom stereocenters. The summed E-state index contributed by atoms with van der Waals surface area (Å²) in [6.45, 7) is 4.84. The summed E-state index contributed by atoms with van der Waals surface area (Å²) in [5.41, 5.74) is -0.461. The van der Waals surface area contributed by atoms with Gasteiger partial charge in [-0.2, -0.15) is 4.98 Å². The van der Waals surface area contributed by atoms with Gasteiger partial charge in [-0.05, 0) is 44.6 Å². The predicted octanol–water partition coefficient (Wildman–Crippen LogP) is 1.93. The van der Waals surface area contributed by atoms with Gasteiger partial charge in [0.2, 0.25) is 5.89 Å². The van der Waals surface area contributed by atoms with E-state index in [2.05, 4.69) is 25.7 Å². The molecule has 2 amide bonds. The summed E-state index contributed by atoms with van der Waals surface area (Å²) in [7, 11) is 0. The molecule has 0 unspecified atom stereocenters. The van der Waals surface area contributed by atoms with E-state index in [-0.39, 0.29) is 6.03 Å². The Hall–Kier alpha value is -1.63. The number of nitrogens with zero attached hydrogens (tertiary/aromatic N) is 3. The first-order valence-corrected chi connectivity index (χ1v) is 9.25. The van der Waals surface area contributed by atoms with Crippen molar-refractivity contribution < 1.29 is 9.32 Å². The van der Waals surface area contributed by atoms with E-state index < -0.39 is 5.54 Å². The van der Waals surface area contributed by atoms with E-state index in [1.54, 1.807) is 6.92 Å². The molecule has 7 heteroatoms. The molecule has 0 radical (unpaired) electrons. The zero-order chi connectivity index (χ0) is 16.6. The van der Waals surface area contributed by atoms with Gasteiger partial charge in [0, 0.05) is 26.1 Å². The minimum Gasteiger partial charge on any atom is -0.340 e. The van der Waals surface area contributed by atoms with Crippen molar-refractivity contribution in [2.45, 2.75) is 63.5 Å². The molecule has 3 aliphatic rings. The number of nitrogens with one attached hydrogen (secondary N) is 2. The first-order valence-electron chi connectivity index (χ1n) is 9.25. The Morgan fingerprint density at radius 2 is 2.12 bits per heavy atom. The first kappa shape index (κ1) is 15.9. The lowest BCUT2D eigenvalue weighted by Crippen LogP contribution is -2.50. The van der Waals surface area contributed by atoms with E-state index in [1.807, 2.05) is 0 Å². The van der Waals surface area contributed by atoms with Crippen LogP contribution in [0.4, 0.5) is 4.79 Å². The lowest BCUT2D eigenvalue weighted by Gasteiger charge is -2.27. The number of urea groups is 1. The normalized spacial score (nSPS) is 26.6. The SMILES string of the molecule is Cc1nc(C2(NC(=O)NC[C@H]3CCN(C4CC4)C3)CCCC2)no1. The smallest absolute Gasteiger partial charge is 0.315 e. The van der Waals surface area contributed by atoms with Gasteiger partial charge in [-0.1, -0.05) is 18.0 Å². The molecule has 1 saturated heterocycles. The predicted molar refractivity (Wildman–Crippen MR) is 88.4 cm³/mol. The van der Waals surface area contributed by atoms with Gasteiger partial charge < -0.3 is 20.1 Å². The summed E-state index contributed by atoms with van der Waals surface area (Å²) in [6.07, 6.45) is 7.79. The van der Waals surface area contributed by atoms with Gasteiger partial charge in [-0.25, -0.2) is 4.79 Å². The van der Waals surface area contributed by atoms with Crippen molar-refractivity contribution in [3.8, 4) is 0 Å². The lowest BCUT2D eigenvalue weighted by atomic mass is 9.97. The highest BCUT2D eigenvalue weighted by Gasteiger charge is 2.41. The Balaban J connectivity index is 1.31. The van der Waals surface area contributed by atoms with Crippen molar-refractivity contribution in [3.63, 3.8) is 0 Å². The molecule has 132 valence electrons. The molecule has 0 bridgehead atoms. The van der Waals surface area contributed by atoms with Gasteiger partial charge in [0.15, 0.2) is 5.82 Å². The quantitative estimate of drug-likeness (QED) is 0.860. The number of carbonyl (C=O) groups is 1. The fraction of sp³-hybridized carbons (Fsp3) is 0.824. The fourth-order valence-electron chi connectivity index (χ4n) is 4.18. The molecule has 7 nitrogen and oxygen atoms in total. The van der Waals surface area contributed by atoms with Crippen LogP contribution in [0, 0.1) is 12.8 Å². The molecule has 2 heterocycles. The van der Waals surface area contributed by atoms with Crippen LogP contribution in [0.3, 0.4) is 0 Å². The minimum atomic E-state index is -0.461. The average molecular weight is 333 g/mol. The third-order valence-electron chi connectivity index (χ3n) is 5.70. The lowest BCUT2D eigenvalue weighted by molar-refractivity contribution is 0.218. The highest BCUT2D eigenvalue weighted by atomic mass is 16.5. The molecule has 0 spiro atoms. The molecule has 1 aliphatic heterocycles. The maximum Gasteiger partial charge on any atom is 0.315 e. The average Bonchev–Trinajstić information content (AvgIpc) is 2.98. The van der Waals surface area contributed by atoms with Crippen molar-refractivity contribution in [2.24, 2.45) is 5.92 Å². The van der Waals surface area contributed by atoms with Crippen LogP contribution in [0.25, 0.3) is 0 Å². The summed E-state index contributed by atoms with van der Waals surface area (Å²) in [5.74, 6) is 1.74. The maximum absolute atomic E-state index is 12.4. The Bertz CT molecular complexity index is 592. The third kappa shape index (κ3) is 3.27. The van der Waals surface area contributed by atoms with Gasteiger partial charge in [0.1, 0.15) is 5.54 Å². The molecule has 1 aromatic rings. The zero-order valence-electron chi connectivity index (χ0n) is 14.4. The fourth-order valence-corrected chi connectivity index (χ4v) is 4.18. The van der Waals surface area contributed by atoms with E-state index in [0.29, 0.717) is 17.6 Å². The van der Waals surface area contributed by atoms with Crippen LogP contribution in [-0.4, -0.2) is 46.7 Å². The number of aromatic nitrogens is 2. The first-order chi connectivity index (χ1) is 11.6. The largest absolute Gasteiger partial charge is 0.340 e. The van der Waals surface area contributed by atoms with Crippen molar-refractivity contribution >= 4 is 6.03 Å². The van der Waals surface area contributed by atoms with Crippen molar-refractivity contribution in [1.29, 1.82) is 0 Å². The van der Waals surface area contributed by atoms with E-state index in [1.165, 1.54) is 25.8 Å². The number of likely N-dealkylation sites (tertiary alicyclic amines) is 1. The van der Waals surface area contributed by atoms with Crippen LogP contribution < -0.4 is 10.6 Å². The van der Waals surface area contributed by atoms with Crippen LogP contribution >= 0.6 is 0 Å². The molecular weight excluding hydrogens is 306 g/mol. The van der Waals surface area contributed by atoms with Crippen molar-refractivity contribution in [3.05, 3.63) is 11.7 Å². The molecule has 2 N–H and O–H groups in total. The van der Waals surface area contributed by atoms with Crippen molar-refractivity contribution in [2.75, 3.05) is 19.6 Å². The second-order valence-electron chi connectivity index (χ2n) is 7.64. The minimum absolute atomic E-state index is 0.107. The zero-order valence-corrected chi connectivity index (χ0v) is 14.4. The van der Waals surface area contributed by atoms with E-state index in [0.717, 1.165) is 44.8 Å². The summed E-state index contributed by atoms with van der Waals surface area (Å²) >= 11 is 0. The van der Waals surface area contributed by atoms with Crippen LogP contribution in [0.5, 0.6) is 0 Å². The van der Waals surface area contributed by atoms with E-state index >= 15 is 0 Å². The summed E-state index contributed by atoms with van der Waals surface area (Å²) in [5, 5.41) is 10.3. The van der Waals surface area contributed by atoms with Crippen LogP contribution in [-0.2, 0) is 5.54 Å². The number of hydrogen-bond donors (Lipinski definition) is 2. The van der Waals surface area contributed by atoms with Gasteiger partial charge in [-0.3, -0.25) is 0 Å². The monoisotopic (exact) mass is 333 g/mol. The Morgan fingerprint density at radius 1 is 1.33 bits per heavy atom. The second kappa shape index (κ2) is 6.35. The van der Waals surface area contributed by atoms with Gasteiger partial charge in [0.25, 0.3) is 0 Å². The Labute approximate surface area is 142 Å². The standard InChI is InChI=1S/C17H27N5O2/c1-12-19-15(21-24-12)17(7-2-3-8-17)20-16(23)18-10-13-6-9-22(11-13)14-4-5-14/h13-14H,2-11H2,1H3,(H2,18,20,23)/t13-/m1/s1. The Kier molecular flexibility index (Phi) is 4.20. The molecule has 0 aromatic carbocycles. The van der Waals surface area contributed by atoms with E-state index in [9.17, 15) is 4.79 Å². The van der Waals surface area contributed by atoms with Gasteiger partial charge >= 0.3 is 6.03 Å². The van der Waals surface area contributed by atoms with Crippen LogP contribution in [0.1, 0.15) is 56.7 Å².